The van der Waals surface area contributed by atoms with Gasteiger partial charge in [0.1, 0.15) is 0 Å². The number of aromatic nitrogens is 3. The van der Waals surface area contributed by atoms with E-state index in [2.05, 4.69) is 42.2 Å². The molecule has 4 nitrogen and oxygen atoms in total. The molecule has 0 N–H and O–H groups in total. The summed E-state index contributed by atoms with van der Waals surface area (Å²) < 4.78 is 7.53. The number of alkyl halides is 1. The van der Waals surface area contributed by atoms with Gasteiger partial charge in [-0.05, 0) is 15.9 Å². The SMILES string of the molecule is COCCn1nnc(Br)c1CBr. The molecule has 68 valence electrons. The van der Waals surface area contributed by atoms with Gasteiger partial charge in [-0.15, -0.1) is 5.10 Å². The summed E-state index contributed by atoms with van der Waals surface area (Å²) in [4.78, 5) is 0. The van der Waals surface area contributed by atoms with E-state index in [0.717, 1.165) is 22.2 Å². The summed E-state index contributed by atoms with van der Waals surface area (Å²) in [5.74, 6) is 0. The van der Waals surface area contributed by atoms with Gasteiger partial charge in [-0.3, -0.25) is 0 Å². The van der Waals surface area contributed by atoms with E-state index >= 15 is 0 Å². The fourth-order valence-electron chi connectivity index (χ4n) is 0.793. The normalized spacial score (nSPS) is 10.6. The number of hydrogen-bond donors (Lipinski definition) is 0. The maximum atomic E-state index is 4.94. The molecule has 0 amide bonds. The molecule has 0 aliphatic carbocycles. The zero-order valence-electron chi connectivity index (χ0n) is 6.63. The lowest BCUT2D eigenvalue weighted by molar-refractivity contribution is 0.182. The van der Waals surface area contributed by atoms with Crippen molar-refractivity contribution in [1.29, 1.82) is 0 Å². The van der Waals surface area contributed by atoms with Gasteiger partial charge in [0.05, 0.1) is 18.8 Å². The lowest BCUT2D eigenvalue weighted by atomic mass is 10.5. The average Bonchev–Trinajstić information content (AvgIpc) is 2.43. The van der Waals surface area contributed by atoms with Crippen LogP contribution in [0.25, 0.3) is 0 Å². The van der Waals surface area contributed by atoms with Gasteiger partial charge >= 0.3 is 0 Å². The van der Waals surface area contributed by atoms with Crippen molar-refractivity contribution in [3.8, 4) is 0 Å². The summed E-state index contributed by atoms with van der Waals surface area (Å²) in [5, 5.41) is 8.56. The van der Waals surface area contributed by atoms with Crippen LogP contribution in [0.2, 0.25) is 0 Å². The molecule has 0 bridgehead atoms. The third-order valence-corrected chi connectivity index (χ3v) is 2.57. The first-order chi connectivity index (χ1) is 5.79. The minimum absolute atomic E-state index is 0.649. The van der Waals surface area contributed by atoms with Crippen LogP contribution in [0.5, 0.6) is 0 Å². The lowest BCUT2D eigenvalue weighted by Gasteiger charge is -2.02. The first-order valence-corrected chi connectivity index (χ1v) is 5.33. The number of ether oxygens (including phenoxy) is 1. The highest BCUT2D eigenvalue weighted by Crippen LogP contribution is 2.15. The molecule has 6 heteroatoms. The molecule has 12 heavy (non-hydrogen) atoms. The highest BCUT2D eigenvalue weighted by molar-refractivity contribution is 9.10. The monoisotopic (exact) mass is 297 g/mol. The van der Waals surface area contributed by atoms with Crippen LogP contribution in [0, 0.1) is 0 Å². The Kier molecular flexibility index (Phi) is 4.17. The fourth-order valence-corrected chi connectivity index (χ4v) is 2.14. The topological polar surface area (TPSA) is 39.9 Å². The van der Waals surface area contributed by atoms with Gasteiger partial charge in [0, 0.05) is 12.4 Å². The van der Waals surface area contributed by atoms with E-state index in [1.807, 2.05) is 4.68 Å². The minimum Gasteiger partial charge on any atom is -0.383 e. The molecule has 0 atom stereocenters. The quantitative estimate of drug-likeness (QED) is 0.793. The first kappa shape index (κ1) is 10.1. The Balaban J connectivity index is 2.70. The number of rotatable bonds is 4. The molecule has 1 aromatic rings. The fraction of sp³-hybridized carbons (Fsp3) is 0.667. The van der Waals surface area contributed by atoms with E-state index in [4.69, 9.17) is 4.74 Å². The predicted molar refractivity (Wildman–Crippen MR) is 52.2 cm³/mol. The Labute approximate surface area is 87.5 Å². The van der Waals surface area contributed by atoms with E-state index in [-0.39, 0.29) is 0 Å². The smallest absolute Gasteiger partial charge is 0.152 e. The Morgan fingerprint density at radius 3 is 2.92 bits per heavy atom. The van der Waals surface area contributed by atoms with Crippen molar-refractivity contribution in [2.45, 2.75) is 11.9 Å². The molecule has 0 aliphatic rings. The molecular formula is C6H9Br2N3O. The van der Waals surface area contributed by atoms with E-state index in [9.17, 15) is 0 Å². The highest BCUT2D eigenvalue weighted by Gasteiger charge is 2.07. The second-order valence-corrected chi connectivity index (χ2v) is 3.49. The molecule has 1 heterocycles. The van der Waals surface area contributed by atoms with Crippen molar-refractivity contribution in [2.75, 3.05) is 13.7 Å². The summed E-state index contributed by atoms with van der Waals surface area (Å²) >= 11 is 6.66. The van der Waals surface area contributed by atoms with Crippen molar-refractivity contribution in [2.24, 2.45) is 0 Å². The van der Waals surface area contributed by atoms with Crippen LogP contribution in [-0.4, -0.2) is 28.7 Å². The molecular weight excluding hydrogens is 290 g/mol. The molecule has 0 saturated heterocycles. The van der Waals surface area contributed by atoms with Gasteiger partial charge in [0.15, 0.2) is 4.60 Å². The van der Waals surface area contributed by atoms with E-state index < -0.39 is 0 Å². The Bertz CT molecular complexity index is 251. The van der Waals surface area contributed by atoms with E-state index in [1.54, 1.807) is 7.11 Å². The van der Waals surface area contributed by atoms with Crippen molar-refractivity contribution >= 4 is 31.9 Å². The highest BCUT2D eigenvalue weighted by atomic mass is 79.9. The Morgan fingerprint density at radius 2 is 2.33 bits per heavy atom. The van der Waals surface area contributed by atoms with Crippen LogP contribution in [0.3, 0.4) is 0 Å². The zero-order valence-corrected chi connectivity index (χ0v) is 9.80. The van der Waals surface area contributed by atoms with Crippen LogP contribution in [0.15, 0.2) is 4.60 Å². The molecule has 1 aromatic heterocycles. The van der Waals surface area contributed by atoms with Gasteiger partial charge < -0.3 is 4.74 Å². The zero-order chi connectivity index (χ0) is 8.97. The van der Waals surface area contributed by atoms with Gasteiger partial charge in [0.25, 0.3) is 0 Å². The number of methoxy groups -OCH3 is 1. The number of hydrogen-bond acceptors (Lipinski definition) is 3. The second-order valence-electron chi connectivity index (χ2n) is 2.18. The van der Waals surface area contributed by atoms with E-state index in [0.29, 0.717) is 6.61 Å². The van der Waals surface area contributed by atoms with Gasteiger partial charge in [-0.25, -0.2) is 4.68 Å². The molecule has 0 saturated carbocycles. The lowest BCUT2D eigenvalue weighted by Crippen LogP contribution is -2.08. The Morgan fingerprint density at radius 1 is 1.58 bits per heavy atom. The molecule has 0 aliphatic heterocycles. The van der Waals surface area contributed by atoms with Crippen molar-refractivity contribution in [3.05, 3.63) is 10.3 Å². The van der Waals surface area contributed by atoms with Gasteiger partial charge in [0.2, 0.25) is 0 Å². The predicted octanol–water partition coefficient (Wildman–Crippen LogP) is 1.58. The maximum Gasteiger partial charge on any atom is 0.152 e. The maximum absolute atomic E-state index is 4.94. The summed E-state index contributed by atoms with van der Waals surface area (Å²) in [6.07, 6.45) is 0. The van der Waals surface area contributed by atoms with Crippen molar-refractivity contribution in [1.82, 2.24) is 15.0 Å². The third-order valence-electron chi connectivity index (χ3n) is 1.42. The molecule has 1 rings (SSSR count). The summed E-state index contributed by atoms with van der Waals surface area (Å²) in [7, 11) is 1.67. The number of halogens is 2. The van der Waals surface area contributed by atoms with Crippen molar-refractivity contribution in [3.63, 3.8) is 0 Å². The van der Waals surface area contributed by atoms with E-state index in [1.165, 1.54) is 0 Å². The summed E-state index contributed by atoms with van der Waals surface area (Å²) in [6, 6.07) is 0. The number of nitrogens with zero attached hydrogens (tertiary/aromatic N) is 3. The Hall–Kier alpha value is 0.0600. The van der Waals surface area contributed by atoms with Crippen LogP contribution in [-0.2, 0) is 16.6 Å². The summed E-state index contributed by atoms with van der Waals surface area (Å²) in [5.41, 5.74) is 1.03. The molecule has 0 aromatic carbocycles. The largest absolute Gasteiger partial charge is 0.383 e. The van der Waals surface area contributed by atoms with Gasteiger partial charge in [-0.1, -0.05) is 21.1 Å². The first-order valence-electron chi connectivity index (χ1n) is 3.42. The van der Waals surface area contributed by atoms with Gasteiger partial charge in [-0.2, -0.15) is 0 Å². The molecule has 0 fully saturated rings. The standard InChI is InChI=1S/C6H9Br2N3O/c1-12-3-2-11-5(4-7)6(8)9-10-11/h2-4H2,1H3. The van der Waals surface area contributed by atoms with Crippen LogP contribution >= 0.6 is 31.9 Å². The molecule has 0 radical (unpaired) electrons. The molecule has 0 unspecified atom stereocenters. The molecule has 0 spiro atoms. The average molecular weight is 299 g/mol. The van der Waals surface area contributed by atoms with Crippen LogP contribution in [0.1, 0.15) is 5.69 Å². The van der Waals surface area contributed by atoms with Crippen molar-refractivity contribution < 1.29 is 4.74 Å². The van der Waals surface area contributed by atoms with Crippen LogP contribution in [0.4, 0.5) is 0 Å². The third kappa shape index (κ3) is 2.27. The second kappa shape index (κ2) is 4.94. The summed E-state index contributed by atoms with van der Waals surface area (Å²) in [6.45, 7) is 1.38. The minimum atomic E-state index is 0.649. The van der Waals surface area contributed by atoms with Crippen LogP contribution < -0.4 is 0 Å².